The second-order valence-electron chi connectivity index (χ2n) is 5.59. The van der Waals surface area contributed by atoms with E-state index in [-0.39, 0.29) is 12.5 Å². The van der Waals surface area contributed by atoms with Crippen LogP contribution in [0.4, 0.5) is 13.2 Å². The van der Waals surface area contributed by atoms with E-state index >= 15 is 0 Å². The van der Waals surface area contributed by atoms with Crippen LogP contribution in [0.5, 0.6) is 0 Å². The number of thioether (sulfide) groups is 1. The van der Waals surface area contributed by atoms with Gasteiger partial charge < -0.3 is 5.32 Å². The molecule has 1 nitrogen and oxygen atoms in total. The molecule has 1 N–H and O–H groups in total. The summed E-state index contributed by atoms with van der Waals surface area (Å²) in [5.74, 6) is 0.102. The molecule has 0 amide bonds. The van der Waals surface area contributed by atoms with Gasteiger partial charge in [0.25, 0.3) is 0 Å². The topological polar surface area (TPSA) is 12.0 Å². The number of nitrogens with one attached hydrogen (secondary N) is 1. The lowest BCUT2D eigenvalue weighted by molar-refractivity contribution is -0.183. The smallest absolute Gasteiger partial charge is 0.310 e. The monoisotopic (exact) mass is 281 g/mol. The lowest BCUT2D eigenvalue weighted by Crippen LogP contribution is -2.48. The predicted octanol–water partition coefficient (Wildman–Crippen LogP) is 3.98. The molecule has 1 saturated carbocycles. The van der Waals surface area contributed by atoms with Crippen molar-refractivity contribution in [3.63, 3.8) is 0 Å². The average molecular weight is 281 g/mol. The van der Waals surface area contributed by atoms with Crippen molar-refractivity contribution in [1.29, 1.82) is 0 Å². The second kappa shape index (κ2) is 6.04. The molecule has 4 atom stereocenters. The van der Waals surface area contributed by atoms with E-state index < -0.39 is 12.1 Å². The van der Waals surface area contributed by atoms with Gasteiger partial charge in [-0.2, -0.15) is 24.9 Å². The molecule has 2 fully saturated rings. The summed E-state index contributed by atoms with van der Waals surface area (Å²) >= 11 is 1.94. The van der Waals surface area contributed by atoms with E-state index in [1.165, 1.54) is 12.2 Å². The summed E-state index contributed by atoms with van der Waals surface area (Å²) in [5.41, 5.74) is 0. The second-order valence-corrected chi connectivity index (χ2v) is 7.08. The number of hydrogen-bond donors (Lipinski definition) is 1. The van der Waals surface area contributed by atoms with Gasteiger partial charge in [-0.25, -0.2) is 0 Å². The molecule has 2 rings (SSSR count). The van der Waals surface area contributed by atoms with Gasteiger partial charge in [-0.15, -0.1) is 0 Å². The van der Waals surface area contributed by atoms with Crippen LogP contribution < -0.4 is 5.32 Å². The molecule has 5 heteroatoms. The van der Waals surface area contributed by atoms with E-state index in [0.717, 1.165) is 12.8 Å². The van der Waals surface area contributed by atoms with Crippen LogP contribution in [-0.2, 0) is 0 Å². The van der Waals surface area contributed by atoms with Crippen molar-refractivity contribution < 1.29 is 13.2 Å². The minimum Gasteiger partial charge on any atom is -0.310 e. The highest BCUT2D eigenvalue weighted by Gasteiger charge is 2.42. The molecule has 0 aromatic rings. The third-order valence-corrected chi connectivity index (χ3v) is 5.57. The first kappa shape index (κ1) is 14.5. The Bertz CT molecular complexity index is 269. The minimum absolute atomic E-state index is 0.0662. The summed E-state index contributed by atoms with van der Waals surface area (Å²) in [6.07, 6.45) is 0.487. The van der Waals surface area contributed by atoms with Crippen molar-refractivity contribution >= 4 is 11.8 Å². The first-order valence-electron chi connectivity index (χ1n) is 6.91. The SMILES string of the molecule is CC1SCCCC1NC1CCCC(C(F)(F)F)C1. The van der Waals surface area contributed by atoms with Gasteiger partial charge in [0, 0.05) is 17.3 Å². The molecular formula is C13H22F3NS. The summed E-state index contributed by atoms with van der Waals surface area (Å²) in [4.78, 5) is 0. The fourth-order valence-corrected chi connectivity index (χ4v) is 4.24. The van der Waals surface area contributed by atoms with Crippen LogP contribution in [0.3, 0.4) is 0 Å². The van der Waals surface area contributed by atoms with Gasteiger partial charge in [0.15, 0.2) is 0 Å². The Labute approximate surface area is 111 Å². The van der Waals surface area contributed by atoms with E-state index in [1.54, 1.807) is 0 Å². The van der Waals surface area contributed by atoms with E-state index in [0.29, 0.717) is 24.1 Å². The van der Waals surface area contributed by atoms with Crippen LogP contribution in [-0.4, -0.2) is 29.3 Å². The van der Waals surface area contributed by atoms with Crippen LogP contribution in [0.2, 0.25) is 0 Å². The average Bonchev–Trinajstić information content (AvgIpc) is 2.31. The van der Waals surface area contributed by atoms with Gasteiger partial charge >= 0.3 is 6.18 Å². The summed E-state index contributed by atoms with van der Waals surface area (Å²) in [6.45, 7) is 2.19. The Kier molecular flexibility index (Phi) is 4.86. The van der Waals surface area contributed by atoms with Crippen LogP contribution >= 0.6 is 11.8 Å². The van der Waals surface area contributed by atoms with Crippen LogP contribution in [0.15, 0.2) is 0 Å². The van der Waals surface area contributed by atoms with Gasteiger partial charge in [0.05, 0.1) is 5.92 Å². The van der Waals surface area contributed by atoms with Crippen molar-refractivity contribution in [1.82, 2.24) is 5.32 Å². The minimum atomic E-state index is -4.01. The zero-order valence-corrected chi connectivity index (χ0v) is 11.6. The van der Waals surface area contributed by atoms with E-state index in [4.69, 9.17) is 0 Å². The normalized spacial score (nSPS) is 38.7. The summed E-state index contributed by atoms with van der Waals surface area (Å²) < 4.78 is 38.2. The molecule has 1 heterocycles. The standard InChI is InChI=1S/C13H22F3NS/c1-9-12(6-3-7-18-9)17-11-5-2-4-10(8-11)13(14,15)16/h9-12,17H,2-8H2,1H3. The van der Waals surface area contributed by atoms with Crippen molar-refractivity contribution in [2.45, 2.75) is 69.0 Å². The third kappa shape index (κ3) is 3.80. The Morgan fingerprint density at radius 2 is 1.89 bits per heavy atom. The van der Waals surface area contributed by atoms with Crippen molar-refractivity contribution in [2.24, 2.45) is 5.92 Å². The lowest BCUT2D eigenvalue weighted by Gasteiger charge is -2.37. The maximum Gasteiger partial charge on any atom is 0.391 e. The largest absolute Gasteiger partial charge is 0.391 e. The van der Waals surface area contributed by atoms with Gasteiger partial charge in [0.2, 0.25) is 0 Å². The highest BCUT2D eigenvalue weighted by Crippen LogP contribution is 2.38. The fraction of sp³-hybridized carbons (Fsp3) is 1.00. The molecule has 0 spiro atoms. The summed E-state index contributed by atoms with van der Waals surface area (Å²) in [5, 5.41) is 4.02. The number of hydrogen-bond acceptors (Lipinski definition) is 2. The molecule has 0 aromatic heterocycles. The molecule has 1 aliphatic heterocycles. The Hall–Kier alpha value is 0.100. The Morgan fingerprint density at radius 1 is 1.11 bits per heavy atom. The van der Waals surface area contributed by atoms with Crippen LogP contribution in [0.1, 0.15) is 45.4 Å². The predicted molar refractivity (Wildman–Crippen MR) is 69.9 cm³/mol. The van der Waals surface area contributed by atoms with Crippen LogP contribution in [0.25, 0.3) is 0 Å². The van der Waals surface area contributed by atoms with Gasteiger partial charge in [-0.1, -0.05) is 13.3 Å². The van der Waals surface area contributed by atoms with Gasteiger partial charge in [-0.3, -0.25) is 0 Å². The Morgan fingerprint density at radius 3 is 2.56 bits per heavy atom. The molecule has 1 saturated heterocycles. The molecule has 0 aromatic carbocycles. The molecule has 4 unspecified atom stereocenters. The van der Waals surface area contributed by atoms with Gasteiger partial charge in [-0.05, 0) is 37.9 Å². The van der Waals surface area contributed by atoms with E-state index in [9.17, 15) is 13.2 Å². The van der Waals surface area contributed by atoms with E-state index in [2.05, 4.69) is 12.2 Å². The zero-order chi connectivity index (χ0) is 13.2. The molecule has 106 valence electrons. The van der Waals surface area contributed by atoms with E-state index in [1.807, 2.05) is 11.8 Å². The quantitative estimate of drug-likeness (QED) is 0.821. The number of rotatable bonds is 2. The maximum atomic E-state index is 12.7. The maximum absolute atomic E-state index is 12.7. The third-order valence-electron chi connectivity index (χ3n) is 4.19. The molecule has 0 bridgehead atoms. The first-order chi connectivity index (χ1) is 8.47. The highest BCUT2D eigenvalue weighted by molar-refractivity contribution is 7.99. The molecule has 0 radical (unpaired) electrons. The van der Waals surface area contributed by atoms with Crippen molar-refractivity contribution in [3.05, 3.63) is 0 Å². The fourth-order valence-electron chi connectivity index (χ4n) is 3.08. The Balaban J connectivity index is 1.85. The summed E-state index contributed by atoms with van der Waals surface area (Å²) in [6, 6.07) is 0.470. The molecule has 1 aliphatic carbocycles. The molecule has 2 aliphatic rings. The zero-order valence-electron chi connectivity index (χ0n) is 10.8. The van der Waals surface area contributed by atoms with Crippen molar-refractivity contribution in [2.75, 3.05) is 5.75 Å². The first-order valence-corrected chi connectivity index (χ1v) is 7.96. The molecular weight excluding hydrogens is 259 g/mol. The number of halogens is 3. The summed E-state index contributed by atoms with van der Waals surface area (Å²) in [7, 11) is 0. The van der Waals surface area contributed by atoms with Gasteiger partial charge in [0.1, 0.15) is 0 Å². The molecule has 18 heavy (non-hydrogen) atoms. The number of alkyl halides is 3. The van der Waals surface area contributed by atoms with Crippen molar-refractivity contribution in [3.8, 4) is 0 Å². The lowest BCUT2D eigenvalue weighted by atomic mass is 9.84. The van der Waals surface area contributed by atoms with Crippen LogP contribution in [0, 0.1) is 5.92 Å². The highest BCUT2D eigenvalue weighted by atomic mass is 32.2.